The number of nitrogens with zero attached hydrogens (tertiary/aromatic N) is 3. The molecule has 0 saturated carbocycles. The maximum absolute atomic E-state index is 5.95. The Balaban J connectivity index is 1.29. The molecule has 2 rings (SSSR count). The zero-order valence-corrected chi connectivity index (χ0v) is 21.4. The number of unbranched alkanes of at least 4 members (excludes halogenated alkanes) is 15. The van der Waals surface area contributed by atoms with Crippen molar-refractivity contribution < 1.29 is 0 Å². The van der Waals surface area contributed by atoms with Gasteiger partial charge in [-0.2, -0.15) is 11.8 Å². The summed E-state index contributed by atoms with van der Waals surface area (Å²) in [7, 11) is 0. The van der Waals surface area contributed by atoms with Crippen molar-refractivity contribution in [1.82, 2.24) is 19.9 Å². The molecule has 0 bridgehead atoms. The van der Waals surface area contributed by atoms with Crippen molar-refractivity contribution in [3.05, 3.63) is 12.2 Å². The lowest BCUT2D eigenvalue weighted by molar-refractivity contribution is 0.531. The van der Waals surface area contributed by atoms with E-state index in [9.17, 15) is 0 Å². The number of aryl methyl sites for hydroxylation is 1. The smallest absolute Gasteiger partial charge is 0.183 e. The van der Waals surface area contributed by atoms with Crippen LogP contribution in [0.4, 0.5) is 5.82 Å². The molecule has 0 amide bonds. The Morgan fingerprint density at radius 3 is 1.84 bits per heavy atom. The molecule has 6 heteroatoms. The molecule has 182 valence electrons. The summed E-state index contributed by atoms with van der Waals surface area (Å²) in [6.45, 7) is 2.29. The van der Waals surface area contributed by atoms with Crippen molar-refractivity contribution in [1.29, 1.82) is 0 Å². The predicted molar refractivity (Wildman–Crippen MR) is 141 cm³/mol. The molecule has 2 aromatic rings. The van der Waals surface area contributed by atoms with Crippen molar-refractivity contribution >= 4 is 28.7 Å². The highest BCUT2D eigenvalue weighted by atomic mass is 32.2. The van der Waals surface area contributed by atoms with Crippen molar-refractivity contribution in [3.63, 3.8) is 0 Å². The number of anilines is 1. The number of nitrogen functional groups attached to an aromatic ring is 1. The molecule has 0 fully saturated rings. The third kappa shape index (κ3) is 12.1. The minimum absolute atomic E-state index is 0.503. The fourth-order valence-electron chi connectivity index (χ4n) is 4.20. The van der Waals surface area contributed by atoms with Gasteiger partial charge in [-0.3, -0.25) is 0 Å². The van der Waals surface area contributed by atoms with Crippen LogP contribution in [0.5, 0.6) is 0 Å². The maximum atomic E-state index is 5.95. The number of hydrogen-bond acceptors (Lipinski definition) is 5. The lowest BCUT2D eigenvalue weighted by Crippen LogP contribution is -2.01. The van der Waals surface area contributed by atoms with Gasteiger partial charge in [-0.05, 0) is 24.3 Å². The number of hydrogen-bond donors (Lipinski definition) is 2. The number of imidazole rings is 1. The largest absolute Gasteiger partial charge is 0.382 e. The molecule has 0 unspecified atom stereocenters. The van der Waals surface area contributed by atoms with E-state index < -0.39 is 0 Å². The van der Waals surface area contributed by atoms with Gasteiger partial charge in [0.2, 0.25) is 0 Å². The van der Waals surface area contributed by atoms with E-state index in [4.69, 9.17) is 5.73 Å². The van der Waals surface area contributed by atoms with E-state index in [2.05, 4.69) is 38.6 Å². The Morgan fingerprint density at radius 2 is 1.25 bits per heavy atom. The van der Waals surface area contributed by atoms with E-state index in [1.807, 2.05) is 0 Å². The molecule has 0 saturated heterocycles. The number of aromatic nitrogens is 4. The number of fused-ring (bicyclic) bond motifs is 1. The minimum atomic E-state index is 0.503. The first-order valence-electron chi connectivity index (χ1n) is 13.3. The number of aromatic amines is 1. The van der Waals surface area contributed by atoms with Crippen LogP contribution in [0.25, 0.3) is 11.2 Å². The maximum Gasteiger partial charge on any atom is 0.183 e. The van der Waals surface area contributed by atoms with Crippen LogP contribution in [-0.2, 0) is 6.42 Å². The highest BCUT2D eigenvalue weighted by molar-refractivity contribution is 7.99. The predicted octanol–water partition coefficient (Wildman–Crippen LogP) is 7.86. The molecule has 2 heterocycles. The third-order valence-corrected chi connectivity index (χ3v) is 7.35. The number of nitrogens with two attached hydrogens (primary N) is 1. The van der Waals surface area contributed by atoms with Crippen LogP contribution in [0, 0.1) is 0 Å². The second-order valence-corrected chi connectivity index (χ2v) is 10.4. The fraction of sp³-hybridized carbons (Fsp3) is 0.808. The molecule has 0 aliphatic rings. The monoisotopic (exact) mass is 461 g/mol. The molecule has 0 aliphatic carbocycles. The van der Waals surface area contributed by atoms with Gasteiger partial charge in [-0.15, -0.1) is 0 Å². The van der Waals surface area contributed by atoms with Crippen molar-refractivity contribution in [2.75, 3.05) is 17.2 Å². The number of nitrogens with one attached hydrogen (secondary N) is 1. The summed E-state index contributed by atoms with van der Waals surface area (Å²) >= 11 is 2.06. The summed E-state index contributed by atoms with van der Waals surface area (Å²) in [4.78, 5) is 16.0. The van der Waals surface area contributed by atoms with Gasteiger partial charge in [-0.1, -0.05) is 103 Å². The standard InChI is InChI=1S/C26H47N5S/c1-2-3-4-5-6-7-8-9-10-11-12-13-14-15-16-17-20-32-21-18-19-23-30-25(27)24-26(31-23)29-22-28-24/h22H,2-21H2,1H3,(H3,27,28,29,30,31). The minimum Gasteiger partial charge on any atom is -0.382 e. The lowest BCUT2D eigenvalue weighted by atomic mass is 10.0. The average Bonchev–Trinajstić information content (AvgIpc) is 3.27. The van der Waals surface area contributed by atoms with Crippen LogP contribution in [0.1, 0.15) is 122 Å². The molecule has 0 spiro atoms. The van der Waals surface area contributed by atoms with Gasteiger partial charge in [0.05, 0.1) is 6.33 Å². The third-order valence-electron chi connectivity index (χ3n) is 6.19. The molecular weight excluding hydrogens is 414 g/mol. The normalized spacial score (nSPS) is 11.5. The Kier molecular flexibility index (Phi) is 15.3. The summed E-state index contributed by atoms with van der Waals surface area (Å²) in [5.74, 6) is 3.76. The highest BCUT2D eigenvalue weighted by Gasteiger charge is 2.06. The molecule has 0 aliphatic heterocycles. The van der Waals surface area contributed by atoms with Crippen LogP contribution in [0.15, 0.2) is 6.33 Å². The summed E-state index contributed by atoms with van der Waals surface area (Å²) in [6, 6.07) is 0. The molecule has 5 nitrogen and oxygen atoms in total. The summed E-state index contributed by atoms with van der Waals surface area (Å²) in [5.41, 5.74) is 7.37. The van der Waals surface area contributed by atoms with Gasteiger partial charge < -0.3 is 10.7 Å². The number of thioether (sulfide) groups is 1. The second-order valence-electron chi connectivity index (χ2n) is 9.15. The van der Waals surface area contributed by atoms with E-state index in [0.29, 0.717) is 11.5 Å². The van der Waals surface area contributed by atoms with Crippen LogP contribution in [0.2, 0.25) is 0 Å². The second kappa shape index (κ2) is 18.2. The Labute approximate surface area is 200 Å². The van der Waals surface area contributed by atoms with E-state index in [-0.39, 0.29) is 0 Å². The van der Waals surface area contributed by atoms with Gasteiger partial charge in [0.15, 0.2) is 11.5 Å². The van der Waals surface area contributed by atoms with E-state index in [1.165, 1.54) is 114 Å². The molecule has 0 aromatic carbocycles. The first-order chi connectivity index (χ1) is 15.8. The van der Waals surface area contributed by atoms with Crippen molar-refractivity contribution in [3.8, 4) is 0 Å². The Hall–Kier alpha value is -1.30. The van der Waals surface area contributed by atoms with Gasteiger partial charge in [0.25, 0.3) is 0 Å². The van der Waals surface area contributed by atoms with Crippen LogP contribution < -0.4 is 5.73 Å². The topological polar surface area (TPSA) is 80.5 Å². The molecule has 32 heavy (non-hydrogen) atoms. The summed E-state index contributed by atoms with van der Waals surface area (Å²) in [5, 5.41) is 0. The molecule has 2 aromatic heterocycles. The zero-order valence-electron chi connectivity index (χ0n) is 20.5. The van der Waals surface area contributed by atoms with Gasteiger partial charge >= 0.3 is 0 Å². The average molecular weight is 462 g/mol. The summed E-state index contributed by atoms with van der Waals surface area (Å²) in [6.07, 6.45) is 26.5. The molecule has 0 radical (unpaired) electrons. The first-order valence-corrected chi connectivity index (χ1v) is 14.5. The lowest BCUT2D eigenvalue weighted by Gasteiger charge is -2.04. The van der Waals surface area contributed by atoms with Crippen LogP contribution in [0.3, 0.4) is 0 Å². The van der Waals surface area contributed by atoms with Crippen LogP contribution >= 0.6 is 11.8 Å². The molecular formula is C26H47N5S. The summed E-state index contributed by atoms with van der Waals surface area (Å²) < 4.78 is 0. The van der Waals surface area contributed by atoms with E-state index in [0.717, 1.165) is 24.2 Å². The number of rotatable bonds is 21. The quantitative estimate of drug-likeness (QED) is 0.185. The van der Waals surface area contributed by atoms with Gasteiger partial charge in [0.1, 0.15) is 11.3 Å². The SMILES string of the molecule is CCCCCCCCCCCCCCCCCCSCCCc1nc(N)c2[nH]cnc2n1. The molecule has 0 atom stereocenters. The molecule has 3 N–H and O–H groups in total. The van der Waals surface area contributed by atoms with Crippen LogP contribution in [-0.4, -0.2) is 31.4 Å². The van der Waals surface area contributed by atoms with E-state index >= 15 is 0 Å². The van der Waals surface area contributed by atoms with Crippen molar-refractivity contribution in [2.24, 2.45) is 0 Å². The Bertz CT molecular complexity index is 703. The van der Waals surface area contributed by atoms with Gasteiger partial charge in [-0.25, -0.2) is 15.0 Å². The fourth-order valence-corrected chi connectivity index (χ4v) is 5.16. The zero-order chi connectivity index (χ0) is 22.7. The van der Waals surface area contributed by atoms with Crippen molar-refractivity contribution in [2.45, 2.75) is 122 Å². The van der Waals surface area contributed by atoms with E-state index in [1.54, 1.807) is 6.33 Å². The Morgan fingerprint density at radius 1 is 0.719 bits per heavy atom. The number of H-pyrrole nitrogens is 1. The van der Waals surface area contributed by atoms with Gasteiger partial charge in [0, 0.05) is 6.42 Å². The highest BCUT2D eigenvalue weighted by Crippen LogP contribution is 2.16. The first kappa shape index (κ1) is 26.9.